The summed E-state index contributed by atoms with van der Waals surface area (Å²) in [6, 6.07) is 6.55. The zero-order chi connectivity index (χ0) is 12.9. The van der Waals surface area contributed by atoms with Gasteiger partial charge in [-0.1, -0.05) is 43.6 Å². The summed E-state index contributed by atoms with van der Waals surface area (Å²) in [5.74, 6) is 0. The zero-order valence-electron chi connectivity index (χ0n) is 11.1. The Kier molecular flexibility index (Phi) is 6.04. The van der Waals surface area contributed by atoms with Gasteiger partial charge in [0.25, 0.3) is 0 Å². The summed E-state index contributed by atoms with van der Waals surface area (Å²) in [6.45, 7) is 11.0. The van der Waals surface area contributed by atoms with Crippen LogP contribution in [0.2, 0.25) is 0 Å². The summed E-state index contributed by atoms with van der Waals surface area (Å²) < 4.78 is 1.41. The number of halogens is 1. The topological polar surface area (TPSA) is 12.0 Å². The second-order valence-corrected chi connectivity index (χ2v) is 7.93. The lowest BCUT2D eigenvalue weighted by Crippen LogP contribution is -2.15. The molecule has 0 atom stereocenters. The van der Waals surface area contributed by atoms with Crippen LogP contribution < -0.4 is 5.32 Å². The summed E-state index contributed by atoms with van der Waals surface area (Å²) in [4.78, 5) is 1.38. The normalized spacial score (nSPS) is 11.8. The smallest absolute Gasteiger partial charge is 0.0217 e. The molecule has 1 rings (SSSR count). The van der Waals surface area contributed by atoms with Crippen LogP contribution in [0.1, 0.15) is 39.7 Å². The van der Waals surface area contributed by atoms with E-state index in [-0.39, 0.29) is 4.75 Å². The highest BCUT2D eigenvalue weighted by molar-refractivity contribution is 9.10. The van der Waals surface area contributed by atoms with E-state index in [1.54, 1.807) is 0 Å². The number of benzene rings is 1. The van der Waals surface area contributed by atoms with Crippen LogP contribution in [0.3, 0.4) is 0 Å². The van der Waals surface area contributed by atoms with Crippen molar-refractivity contribution >= 4 is 27.7 Å². The van der Waals surface area contributed by atoms with Gasteiger partial charge in [-0.15, -0.1) is 11.8 Å². The first kappa shape index (κ1) is 15.1. The Balaban J connectivity index is 2.80. The molecule has 0 saturated carbocycles. The van der Waals surface area contributed by atoms with Gasteiger partial charge >= 0.3 is 0 Å². The predicted molar refractivity (Wildman–Crippen MR) is 81.7 cm³/mol. The van der Waals surface area contributed by atoms with E-state index in [0.717, 1.165) is 17.6 Å². The molecule has 3 heteroatoms. The highest BCUT2D eigenvalue weighted by Crippen LogP contribution is 2.35. The van der Waals surface area contributed by atoms with Crippen molar-refractivity contribution in [1.82, 2.24) is 5.32 Å². The molecular formula is C14H22BrNS. The Morgan fingerprint density at radius 2 is 2.00 bits per heavy atom. The van der Waals surface area contributed by atoms with Crippen molar-refractivity contribution in [2.24, 2.45) is 0 Å². The van der Waals surface area contributed by atoms with Crippen molar-refractivity contribution in [3.8, 4) is 0 Å². The molecule has 0 spiro atoms. The lowest BCUT2D eigenvalue weighted by Gasteiger charge is -2.20. The van der Waals surface area contributed by atoms with E-state index >= 15 is 0 Å². The van der Waals surface area contributed by atoms with Gasteiger partial charge < -0.3 is 5.32 Å². The molecule has 0 unspecified atom stereocenters. The quantitative estimate of drug-likeness (QED) is 0.616. The highest BCUT2D eigenvalue weighted by Gasteiger charge is 2.14. The van der Waals surface area contributed by atoms with Crippen LogP contribution in [0.15, 0.2) is 27.6 Å². The average Bonchev–Trinajstić information content (AvgIpc) is 2.20. The van der Waals surface area contributed by atoms with E-state index in [1.807, 2.05) is 11.8 Å². The molecule has 0 aromatic heterocycles. The molecule has 96 valence electrons. The average molecular weight is 316 g/mol. The third kappa shape index (κ3) is 5.94. The molecule has 0 aliphatic carbocycles. The number of hydrogen-bond acceptors (Lipinski definition) is 2. The van der Waals surface area contributed by atoms with Crippen LogP contribution >= 0.6 is 27.7 Å². The summed E-state index contributed by atoms with van der Waals surface area (Å²) in [6.07, 6.45) is 1.18. The van der Waals surface area contributed by atoms with Crippen LogP contribution in [0.4, 0.5) is 0 Å². The standard InChI is InChI=1S/C14H22BrNS/c1-5-8-16-10-11-9-12(15)6-7-13(11)17-14(2,3)4/h6-7,9,16H,5,8,10H2,1-4H3. The Hall–Kier alpha value is 0.01000. The minimum atomic E-state index is 0.257. The van der Waals surface area contributed by atoms with Crippen LogP contribution in [0, 0.1) is 0 Å². The molecule has 1 N–H and O–H groups in total. The fourth-order valence-electron chi connectivity index (χ4n) is 1.52. The first-order chi connectivity index (χ1) is 7.92. The van der Waals surface area contributed by atoms with Gasteiger partial charge in [-0.3, -0.25) is 0 Å². The van der Waals surface area contributed by atoms with E-state index in [2.05, 4.69) is 67.1 Å². The molecular weight excluding hydrogens is 294 g/mol. The van der Waals surface area contributed by atoms with Gasteiger partial charge in [0.1, 0.15) is 0 Å². The molecule has 0 saturated heterocycles. The fraction of sp³-hybridized carbons (Fsp3) is 0.571. The molecule has 1 aromatic rings. The van der Waals surface area contributed by atoms with Gasteiger partial charge in [-0.05, 0) is 36.7 Å². The van der Waals surface area contributed by atoms with Crippen molar-refractivity contribution < 1.29 is 0 Å². The maximum atomic E-state index is 3.55. The molecule has 0 aliphatic rings. The van der Waals surface area contributed by atoms with Crippen LogP contribution in [-0.2, 0) is 6.54 Å². The SMILES string of the molecule is CCCNCc1cc(Br)ccc1SC(C)(C)C. The van der Waals surface area contributed by atoms with Gasteiger partial charge in [0.2, 0.25) is 0 Å². The molecule has 0 radical (unpaired) electrons. The lowest BCUT2D eigenvalue weighted by molar-refractivity contribution is 0.668. The van der Waals surface area contributed by atoms with Gasteiger partial charge in [-0.25, -0.2) is 0 Å². The summed E-state index contributed by atoms with van der Waals surface area (Å²) >= 11 is 5.48. The minimum absolute atomic E-state index is 0.257. The van der Waals surface area contributed by atoms with E-state index in [0.29, 0.717) is 0 Å². The molecule has 1 nitrogen and oxygen atoms in total. The molecule has 0 amide bonds. The van der Waals surface area contributed by atoms with Gasteiger partial charge in [0.05, 0.1) is 0 Å². The Bertz CT molecular complexity index is 358. The number of nitrogens with one attached hydrogen (secondary N) is 1. The third-order valence-corrected chi connectivity index (χ3v) is 3.90. The van der Waals surface area contributed by atoms with Gasteiger partial charge in [-0.2, -0.15) is 0 Å². The second-order valence-electron chi connectivity index (χ2n) is 5.14. The fourth-order valence-corrected chi connectivity index (χ4v) is 2.98. The van der Waals surface area contributed by atoms with Crippen LogP contribution in [0.25, 0.3) is 0 Å². The molecule has 0 bridgehead atoms. The highest BCUT2D eigenvalue weighted by atomic mass is 79.9. The minimum Gasteiger partial charge on any atom is -0.313 e. The summed E-state index contributed by atoms with van der Waals surface area (Å²) in [7, 11) is 0. The zero-order valence-corrected chi connectivity index (χ0v) is 13.5. The monoisotopic (exact) mass is 315 g/mol. The molecule has 17 heavy (non-hydrogen) atoms. The number of hydrogen-bond donors (Lipinski definition) is 1. The van der Waals surface area contributed by atoms with Gasteiger partial charge in [0, 0.05) is 20.7 Å². The van der Waals surface area contributed by atoms with Crippen molar-refractivity contribution in [2.45, 2.75) is 50.3 Å². The Morgan fingerprint density at radius 1 is 1.29 bits per heavy atom. The maximum absolute atomic E-state index is 3.55. The molecule has 0 aliphatic heterocycles. The molecule has 0 fully saturated rings. The Labute approximate surface area is 118 Å². The van der Waals surface area contributed by atoms with Crippen molar-refractivity contribution in [2.75, 3.05) is 6.54 Å². The summed E-state index contributed by atoms with van der Waals surface area (Å²) in [5.41, 5.74) is 1.38. The summed E-state index contributed by atoms with van der Waals surface area (Å²) in [5, 5.41) is 3.47. The maximum Gasteiger partial charge on any atom is 0.0217 e. The number of thioether (sulfide) groups is 1. The van der Waals surface area contributed by atoms with Crippen LogP contribution in [-0.4, -0.2) is 11.3 Å². The number of rotatable bonds is 5. The first-order valence-electron chi connectivity index (χ1n) is 6.10. The largest absolute Gasteiger partial charge is 0.313 e. The van der Waals surface area contributed by atoms with E-state index < -0.39 is 0 Å². The first-order valence-corrected chi connectivity index (χ1v) is 7.71. The predicted octanol–water partition coefficient (Wildman–Crippen LogP) is 4.84. The Morgan fingerprint density at radius 3 is 2.59 bits per heavy atom. The van der Waals surface area contributed by atoms with Crippen molar-refractivity contribution in [1.29, 1.82) is 0 Å². The molecule has 1 aromatic carbocycles. The third-order valence-electron chi connectivity index (χ3n) is 2.18. The van der Waals surface area contributed by atoms with E-state index in [9.17, 15) is 0 Å². The van der Waals surface area contributed by atoms with E-state index in [1.165, 1.54) is 16.9 Å². The van der Waals surface area contributed by atoms with Crippen molar-refractivity contribution in [3.63, 3.8) is 0 Å². The van der Waals surface area contributed by atoms with Crippen molar-refractivity contribution in [3.05, 3.63) is 28.2 Å². The van der Waals surface area contributed by atoms with E-state index in [4.69, 9.17) is 0 Å². The second kappa shape index (κ2) is 6.81. The van der Waals surface area contributed by atoms with Crippen LogP contribution in [0.5, 0.6) is 0 Å². The lowest BCUT2D eigenvalue weighted by atomic mass is 10.2. The van der Waals surface area contributed by atoms with Gasteiger partial charge in [0.15, 0.2) is 0 Å². The molecule has 0 heterocycles.